The van der Waals surface area contributed by atoms with Gasteiger partial charge in [-0.15, -0.1) is 0 Å². The molecule has 0 bridgehead atoms. The van der Waals surface area contributed by atoms with Crippen molar-refractivity contribution in [3.8, 4) is 5.75 Å². The van der Waals surface area contributed by atoms with Crippen molar-refractivity contribution in [2.75, 3.05) is 12.3 Å². The Hall–Kier alpha value is -1.62. The third-order valence-electron chi connectivity index (χ3n) is 2.33. The van der Waals surface area contributed by atoms with Gasteiger partial charge in [0.25, 0.3) is 0 Å². The summed E-state index contributed by atoms with van der Waals surface area (Å²) in [5, 5.41) is 3.13. The number of carbonyl (C=O) groups is 1. The van der Waals surface area contributed by atoms with Gasteiger partial charge < -0.3 is 20.5 Å². The van der Waals surface area contributed by atoms with Crippen LogP contribution in [0.4, 0.5) is 10.5 Å². The molecule has 3 N–H and O–H groups in total. The molecule has 0 atom stereocenters. The number of nitrogen functional groups attached to an aromatic ring is 1. The minimum absolute atomic E-state index is 0.189. The van der Waals surface area contributed by atoms with Gasteiger partial charge in [0.2, 0.25) is 0 Å². The fourth-order valence-corrected chi connectivity index (χ4v) is 1.79. The second-order valence-electron chi connectivity index (χ2n) is 5.23. The SMILES string of the molecule is CCOc1c(N)ccc(Cl)c1CNC(=O)OC(C)(C)C. The Morgan fingerprint density at radius 2 is 2.05 bits per heavy atom. The molecule has 0 radical (unpaired) electrons. The first-order chi connectivity index (χ1) is 9.24. The number of hydrogen-bond donors (Lipinski definition) is 2. The van der Waals surface area contributed by atoms with Crippen molar-refractivity contribution in [2.24, 2.45) is 0 Å². The molecular formula is C14H21ClN2O3. The zero-order valence-corrected chi connectivity index (χ0v) is 13.0. The van der Waals surface area contributed by atoms with E-state index in [1.165, 1.54) is 0 Å². The van der Waals surface area contributed by atoms with Crippen molar-refractivity contribution in [3.05, 3.63) is 22.7 Å². The molecule has 0 saturated carbocycles. The lowest BCUT2D eigenvalue weighted by Gasteiger charge is -2.20. The van der Waals surface area contributed by atoms with Gasteiger partial charge in [0.15, 0.2) is 0 Å². The molecule has 0 spiro atoms. The maximum Gasteiger partial charge on any atom is 0.407 e. The highest BCUT2D eigenvalue weighted by Crippen LogP contribution is 2.32. The largest absolute Gasteiger partial charge is 0.491 e. The summed E-state index contributed by atoms with van der Waals surface area (Å²) < 4.78 is 10.6. The van der Waals surface area contributed by atoms with Crippen LogP contribution in [0.3, 0.4) is 0 Å². The predicted molar refractivity (Wildman–Crippen MR) is 80.1 cm³/mol. The minimum atomic E-state index is -0.549. The van der Waals surface area contributed by atoms with Crippen LogP contribution in [-0.4, -0.2) is 18.3 Å². The number of hydrogen-bond acceptors (Lipinski definition) is 4. The molecule has 1 rings (SSSR count). The highest BCUT2D eigenvalue weighted by atomic mass is 35.5. The highest BCUT2D eigenvalue weighted by Gasteiger charge is 2.18. The van der Waals surface area contributed by atoms with Crippen molar-refractivity contribution >= 4 is 23.4 Å². The Labute approximate surface area is 124 Å². The van der Waals surface area contributed by atoms with Gasteiger partial charge in [-0.2, -0.15) is 0 Å². The standard InChI is InChI=1S/C14H21ClN2O3/c1-5-19-12-9(10(15)6-7-11(12)16)8-17-13(18)20-14(2,3)4/h6-7H,5,8,16H2,1-4H3,(H,17,18). The Balaban J connectivity index is 2.82. The Morgan fingerprint density at radius 1 is 1.40 bits per heavy atom. The van der Waals surface area contributed by atoms with Gasteiger partial charge in [-0.1, -0.05) is 11.6 Å². The minimum Gasteiger partial charge on any atom is -0.491 e. The lowest BCUT2D eigenvalue weighted by atomic mass is 10.1. The first-order valence-corrected chi connectivity index (χ1v) is 6.79. The van der Waals surface area contributed by atoms with E-state index in [0.29, 0.717) is 28.6 Å². The summed E-state index contributed by atoms with van der Waals surface area (Å²) in [7, 11) is 0. The summed E-state index contributed by atoms with van der Waals surface area (Å²) in [5.74, 6) is 0.496. The van der Waals surface area contributed by atoms with Crippen molar-refractivity contribution in [2.45, 2.75) is 39.8 Å². The molecule has 1 aromatic rings. The number of carbonyl (C=O) groups excluding carboxylic acids is 1. The van der Waals surface area contributed by atoms with E-state index in [4.69, 9.17) is 26.8 Å². The average Bonchev–Trinajstić information content (AvgIpc) is 2.31. The number of nitrogens with one attached hydrogen (secondary N) is 1. The van der Waals surface area contributed by atoms with Gasteiger partial charge in [-0.05, 0) is 39.8 Å². The number of amides is 1. The second kappa shape index (κ2) is 6.70. The topological polar surface area (TPSA) is 73.6 Å². The van der Waals surface area contributed by atoms with Crippen LogP contribution in [0, 0.1) is 0 Å². The van der Waals surface area contributed by atoms with Crippen LogP contribution in [0.25, 0.3) is 0 Å². The fraction of sp³-hybridized carbons (Fsp3) is 0.500. The molecule has 0 fully saturated rings. The van der Waals surface area contributed by atoms with E-state index in [2.05, 4.69) is 5.32 Å². The molecule has 5 nitrogen and oxygen atoms in total. The summed E-state index contributed by atoms with van der Waals surface area (Å²) in [5.41, 5.74) is 6.43. The van der Waals surface area contributed by atoms with Crippen LogP contribution in [0.15, 0.2) is 12.1 Å². The third kappa shape index (κ3) is 4.81. The Morgan fingerprint density at radius 3 is 2.60 bits per heavy atom. The van der Waals surface area contributed by atoms with Crippen molar-refractivity contribution < 1.29 is 14.3 Å². The molecule has 1 aromatic carbocycles. The van der Waals surface area contributed by atoms with E-state index in [9.17, 15) is 4.79 Å². The molecule has 0 unspecified atom stereocenters. The van der Waals surface area contributed by atoms with Crippen LogP contribution >= 0.6 is 11.6 Å². The maximum atomic E-state index is 11.6. The van der Waals surface area contributed by atoms with E-state index in [1.807, 2.05) is 6.92 Å². The van der Waals surface area contributed by atoms with Crippen LogP contribution in [0.1, 0.15) is 33.3 Å². The molecule has 1 amide bonds. The number of nitrogens with two attached hydrogens (primary N) is 1. The van der Waals surface area contributed by atoms with Crippen molar-refractivity contribution in [1.82, 2.24) is 5.32 Å². The lowest BCUT2D eigenvalue weighted by Crippen LogP contribution is -2.32. The highest BCUT2D eigenvalue weighted by molar-refractivity contribution is 6.31. The second-order valence-corrected chi connectivity index (χ2v) is 5.64. The molecular weight excluding hydrogens is 280 g/mol. The van der Waals surface area contributed by atoms with E-state index >= 15 is 0 Å². The van der Waals surface area contributed by atoms with Crippen LogP contribution in [0.2, 0.25) is 5.02 Å². The first kappa shape index (κ1) is 16.4. The first-order valence-electron chi connectivity index (χ1n) is 6.41. The number of alkyl carbamates (subject to hydrolysis) is 1. The Bertz CT molecular complexity index is 484. The summed E-state index contributed by atoms with van der Waals surface area (Å²) in [6.45, 7) is 7.90. The summed E-state index contributed by atoms with van der Waals surface area (Å²) in [4.78, 5) is 11.6. The van der Waals surface area contributed by atoms with E-state index < -0.39 is 11.7 Å². The van der Waals surface area contributed by atoms with E-state index in [0.717, 1.165) is 0 Å². The molecule has 0 aliphatic carbocycles. The molecule has 0 aromatic heterocycles. The number of benzene rings is 1. The van der Waals surface area contributed by atoms with Gasteiger partial charge >= 0.3 is 6.09 Å². The fourth-order valence-electron chi connectivity index (χ4n) is 1.58. The van der Waals surface area contributed by atoms with E-state index in [1.54, 1.807) is 32.9 Å². The third-order valence-corrected chi connectivity index (χ3v) is 2.68. The van der Waals surface area contributed by atoms with Gasteiger partial charge in [0.05, 0.1) is 18.8 Å². The quantitative estimate of drug-likeness (QED) is 0.836. The normalized spacial score (nSPS) is 11.1. The molecule has 0 saturated heterocycles. The number of anilines is 1. The van der Waals surface area contributed by atoms with E-state index in [-0.39, 0.29) is 6.54 Å². The number of rotatable bonds is 4. The van der Waals surface area contributed by atoms with Crippen LogP contribution in [0.5, 0.6) is 5.75 Å². The smallest absolute Gasteiger partial charge is 0.407 e. The molecule has 20 heavy (non-hydrogen) atoms. The van der Waals surface area contributed by atoms with Gasteiger partial charge in [-0.25, -0.2) is 4.79 Å². The van der Waals surface area contributed by atoms with Crippen molar-refractivity contribution in [1.29, 1.82) is 0 Å². The number of halogens is 1. The monoisotopic (exact) mass is 300 g/mol. The molecule has 0 aliphatic heterocycles. The van der Waals surface area contributed by atoms with Crippen molar-refractivity contribution in [3.63, 3.8) is 0 Å². The summed E-state index contributed by atoms with van der Waals surface area (Å²) in [6.07, 6.45) is -0.515. The zero-order chi connectivity index (χ0) is 15.3. The average molecular weight is 301 g/mol. The number of ether oxygens (including phenoxy) is 2. The maximum absolute atomic E-state index is 11.6. The Kier molecular flexibility index (Phi) is 5.51. The van der Waals surface area contributed by atoms with Gasteiger partial charge in [0, 0.05) is 10.6 Å². The van der Waals surface area contributed by atoms with Crippen LogP contribution < -0.4 is 15.8 Å². The molecule has 0 heterocycles. The molecule has 112 valence electrons. The molecule has 6 heteroatoms. The lowest BCUT2D eigenvalue weighted by molar-refractivity contribution is 0.0523. The summed E-state index contributed by atoms with van der Waals surface area (Å²) in [6, 6.07) is 3.34. The van der Waals surface area contributed by atoms with Gasteiger partial charge in [0.1, 0.15) is 11.4 Å². The summed E-state index contributed by atoms with van der Waals surface area (Å²) >= 11 is 6.13. The van der Waals surface area contributed by atoms with Crippen LogP contribution in [-0.2, 0) is 11.3 Å². The predicted octanol–water partition coefficient (Wildman–Crippen LogP) is 3.35. The zero-order valence-electron chi connectivity index (χ0n) is 12.2. The van der Waals surface area contributed by atoms with Gasteiger partial charge in [-0.3, -0.25) is 0 Å². The molecule has 0 aliphatic rings.